The summed E-state index contributed by atoms with van der Waals surface area (Å²) in [6.45, 7) is 0. The highest BCUT2D eigenvalue weighted by Crippen LogP contribution is 2.24. The van der Waals surface area contributed by atoms with Gasteiger partial charge in [0, 0.05) is 34.9 Å². The molecule has 0 radical (unpaired) electrons. The Morgan fingerprint density at radius 3 is 1.54 bits per heavy atom. The number of aliphatic imine (C=N–C) groups is 2. The van der Waals surface area contributed by atoms with Crippen molar-refractivity contribution in [2.45, 2.75) is 37.8 Å². The van der Waals surface area contributed by atoms with E-state index in [1.54, 1.807) is 0 Å². The van der Waals surface area contributed by atoms with Gasteiger partial charge in [-0.25, -0.2) is 0 Å². The molecule has 1 aliphatic carbocycles. The Labute approximate surface area is 143 Å². The summed E-state index contributed by atoms with van der Waals surface area (Å²) in [5.41, 5.74) is 15.4. The molecule has 2 unspecified atom stereocenters. The minimum Gasteiger partial charge on any atom is -0.398 e. The highest BCUT2D eigenvalue weighted by Gasteiger charge is 2.23. The Morgan fingerprint density at radius 2 is 1.12 bits per heavy atom. The Hall–Kier alpha value is -2.62. The van der Waals surface area contributed by atoms with Gasteiger partial charge in [0.2, 0.25) is 0 Å². The number of benzene rings is 2. The summed E-state index contributed by atoms with van der Waals surface area (Å²) in [5, 5.41) is 0. The second-order valence-electron chi connectivity index (χ2n) is 6.23. The van der Waals surface area contributed by atoms with Gasteiger partial charge in [-0.2, -0.15) is 0 Å². The highest BCUT2D eigenvalue weighted by molar-refractivity contribution is 5.87. The summed E-state index contributed by atoms with van der Waals surface area (Å²) in [7, 11) is 0. The first-order chi connectivity index (χ1) is 11.7. The van der Waals surface area contributed by atoms with Crippen LogP contribution >= 0.6 is 0 Å². The van der Waals surface area contributed by atoms with Crippen molar-refractivity contribution in [3.8, 4) is 0 Å². The summed E-state index contributed by atoms with van der Waals surface area (Å²) in [6.07, 6.45) is 8.32. The van der Waals surface area contributed by atoms with E-state index in [0.29, 0.717) is 0 Å². The second kappa shape index (κ2) is 7.77. The quantitative estimate of drug-likeness (QED) is 0.665. The molecular formula is C20H24N4. The number of rotatable bonds is 4. The smallest absolute Gasteiger partial charge is 0.0723 e. The zero-order valence-corrected chi connectivity index (χ0v) is 13.8. The lowest BCUT2D eigenvalue weighted by molar-refractivity contribution is 0.390. The molecule has 0 aliphatic heterocycles. The molecule has 4 N–H and O–H groups in total. The van der Waals surface area contributed by atoms with Gasteiger partial charge in [0.05, 0.1) is 12.1 Å². The third-order valence-electron chi connectivity index (χ3n) is 4.50. The third-order valence-corrected chi connectivity index (χ3v) is 4.50. The summed E-state index contributed by atoms with van der Waals surface area (Å²) in [6, 6.07) is 16.0. The predicted molar refractivity (Wildman–Crippen MR) is 103 cm³/mol. The van der Waals surface area contributed by atoms with Crippen LogP contribution < -0.4 is 11.5 Å². The van der Waals surface area contributed by atoms with Crippen LogP contribution in [0.4, 0.5) is 11.4 Å². The average Bonchev–Trinajstić information content (AvgIpc) is 2.61. The molecule has 0 saturated heterocycles. The first-order valence-electron chi connectivity index (χ1n) is 8.49. The highest BCUT2D eigenvalue weighted by atomic mass is 14.9. The fourth-order valence-electron chi connectivity index (χ4n) is 3.05. The van der Waals surface area contributed by atoms with Crippen molar-refractivity contribution >= 4 is 23.8 Å². The number of anilines is 2. The summed E-state index contributed by atoms with van der Waals surface area (Å²) in [4.78, 5) is 9.56. The minimum absolute atomic E-state index is 0.208. The lowest BCUT2D eigenvalue weighted by Gasteiger charge is -2.25. The molecule has 0 heterocycles. The molecule has 124 valence electrons. The number of nitrogens with two attached hydrogens (primary N) is 2. The molecule has 1 saturated carbocycles. The molecule has 0 spiro atoms. The van der Waals surface area contributed by atoms with Gasteiger partial charge >= 0.3 is 0 Å². The number of nitrogen functional groups attached to an aromatic ring is 2. The Bertz CT molecular complexity index is 672. The first-order valence-corrected chi connectivity index (χ1v) is 8.49. The Balaban J connectivity index is 1.74. The van der Waals surface area contributed by atoms with Crippen molar-refractivity contribution < 1.29 is 0 Å². The predicted octanol–water partition coefficient (Wildman–Crippen LogP) is 3.70. The lowest BCUT2D eigenvalue weighted by Crippen LogP contribution is -2.27. The van der Waals surface area contributed by atoms with Gasteiger partial charge in [-0.3, -0.25) is 9.98 Å². The van der Waals surface area contributed by atoms with Gasteiger partial charge < -0.3 is 11.5 Å². The van der Waals surface area contributed by atoms with E-state index in [-0.39, 0.29) is 12.1 Å². The maximum atomic E-state index is 5.99. The topological polar surface area (TPSA) is 76.8 Å². The first kappa shape index (κ1) is 16.2. The number of para-hydroxylation sites is 2. The van der Waals surface area contributed by atoms with Crippen LogP contribution in [0, 0.1) is 0 Å². The van der Waals surface area contributed by atoms with E-state index >= 15 is 0 Å². The van der Waals surface area contributed by atoms with Crippen LogP contribution in [-0.4, -0.2) is 24.5 Å². The molecule has 24 heavy (non-hydrogen) atoms. The molecule has 2 atom stereocenters. The van der Waals surface area contributed by atoms with Crippen molar-refractivity contribution in [2.24, 2.45) is 9.98 Å². The van der Waals surface area contributed by atoms with Crippen LogP contribution in [0.15, 0.2) is 58.5 Å². The zero-order chi connectivity index (χ0) is 16.8. The van der Waals surface area contributed by atoms with Crippen LogP contribution in [0.3, 0.4) is 0 Å². The Morgan fingerprint density at radius 1 is 0.708 bits per heavy atom. The fraction of sp³-hybridized carbons (Fsp3) is 0.300. The molecule has 2 aromatic rings. The minimum atomic E-state index is 0.208. The number of hydrogen-bond acceptors (Lipinski definition) is 4. The average molecular weight is 320 g/mol. The molecule has 1 fully saturated rings. The van der Waals surface area contributed by atoms with Gasteiger partial charge in [-0.15, -0.1) is 0 Å². The van der Waals surface area contributed by atoms with E-state index in [4.69, 9.17) is 21.5 Å². The standard InChI is InChI=1S/C20H24N4/c21-17-9-3-1-7-15(17)13-23-19-11-5-6-12-20(19)24-14-16-8-2-4-10-18(16)22/h1-4,7-10,13-14,19-20H,5-6,11-12,21-22H2. The Kier molecular flexibility index (Phi) is 5.26. The summed E-state index contributed by atoms with van der Waals surface area (Å²) in [5.74, 6) is 0. The summed E-state index contributed by atoms with van der Waals surface area (Å²) >= 11 is 0. The maximum Gasteiger partial charge on any atom is 0.0723 e. The van der Waals surface area contributed by atoms with E-state index < -0.39 is 0 Å². The lowest BCUT2D eigenvalue weighted by atomic mass is 9.91. The second-order valence-corrected chi connectivity index (χ2v) is 6.23. The van der Waals surface area contributed by atoms with Crippen molar-refractivity contribution in [3.63, 3.8) is 0 Å². The van der Waals surface area contributed by atoms with Gasteiger partial charge in [-0.1, -0.05) is 49.2 Å². The number of hydrogen-bond donors (Lipinski definition) is 2. The van der Waals surface area contributed by atoms with Crippen LogP contribution in [-0.2, 0) is 0 Å². The molecule has 2 aromatic carbocycles. The van der Waals surface area contributed by atoms with Crippen molar-refractivity contribution in [3.05, 3.63) is 59.7 Å². The van der Waals surface area contributed by atoms with Gasteiger partial charge in [0.25, 0.3) is 0 Å². The number of nitrogens with zero attached hydrogens (tertiary/aromatic N) is 2. The molecule has 4 heteroatoms. The van der Waals surface area contributed by atoms with Crippen LogP contribution in [0.25, 0.3) is 0 Å². The van der Waals surface area contributed by atoms with Crippen molar-refractivity contribution in [2.75, 3.05) is 11.5 Å². The molecule has 0 bridgehead atoms. The molecular weight excluding hydrogens is 296 g/mol. The van der Waals surface area contributed by atoms with Gasteiger partial charge in [0.15, 0.2) is 0 Å². The van der Waals surface area contributed by atoms with E-state index in [1.165, 1.54) is 12.8 Å². The fourth-order valence-corrected chi connectivity index (χ4v) is 3.05. The molecule has 3 rings (SSSR count). The maximum absolute atomic E-state index is 5.99. The van der Waals surface area contributed by atoms with E-state index in [2.05, 4.69) is 0 Å². The van der Waals surface area contributed by atoms with Crippen LogP contribution in [0.2, 0.25) is 0 Å². The largest absolute Gasteiger partial charge is 0.398 e. The molecule has 0 aromatic heterocycles. The van der Waals surface area contributed by atoms with Crippen LogP contribution in [0.5, 0.6) is 0 Å². The molecule has 4 nitrogen and oxygen atoms in total. The van der Waals surface area contributed by atoms with E-state index in [9.17, 15) is 0 Å². The van der Waals surface area contributed by atoms with E-state index in [1.807, 2.05) is 61.0 Å². The normalized spacial score (nSPS) is 21.5. The zero-order valence-electron chi connectivity index (χ0n) is 13.8. The van der Waals surface area contributed by atoms with Gasteiger partial charge in [0.1, 0.15) is 0 Å². The van der Waals surface area contributed by atoms with Crippen LogP contribution in [0.1, 0.15) is 36.8 Å². The van der Waals surface area contributed by atoms with Crippen molar-refractivity contribution in [1.29, 1.82) is 0 Å². The molecule has 0 amide bonds. The van der Waals surface area contributed by atoms with E-state index in [0.717, 1.165) is 35.3 Å². The summed E-state index contributed by atoms with van der Waals surface area (Å²) < 4.78 is 0. The van der Waals surface area contributed by atoms with Crippen molar-refractivity contribution in [1.82, 2.24) is 0 Å². The third kappa shape index (κ3) is 4.02. The monoisotopic (exact) mass is 320 g/mol. The SMILES string of the molecule is Nc1ccccc1C=NC1CCCCC1N=Cc1ccccc1N. The molecule has 1 aliphatic rings. The van der Waals surface area contributed by atoms with Gasteiger partial charge in [-0.05, 0) is 25.0 Å².